The van der Waals surface area contributed by atoms with Crippen molar-refractivity contribution in [1.82, 2.24) is 4.98 Å². The van der Waals surface area contributed by atoms with E-state index in [2.05, 4.69) is 9.98 Å². The number of carbonyl (C=O) groups is 1. The third-order valence-corrected chi connectivity index (χ3v) is 4.58. The SMILES string of the molecule is O=C1C(=C2C=Nc3ccccc32)C(O)=C1c1c[nH]c2ccccc12. The van der Waals surface area contributed by atoms with E-state index >= 15 is 0 Å². The largest absolute Gasteiger partial charge is 0.506 e. The minimum Gasteiger partial charge on any atom is -0.506 e. The minimum atomic E-state index is -0.143. The molecular weight excluding hydrogens is 300 g/mol. The molecule has 1 aliphatic heterocycles. The van der Waals surface area contributed by atoms with Crippen LogP contribution in [0.25, 0.3) is 22.0 Å². The Hall–Kier alpha value is -3.40. The molecule has 2 heterocycles. The van der Waals surface area contributed by atoms with Gasteiger partial charge in [0.15, 0.2) is 0 Å². The van der Waals surface area contributed by atoms with Gasteiger partial charge in [-0.3, -0.25) is 9.79 Å². The third kappa shape index (κ3) is 1.57. The number of nitrogens with zero attached hydrogens (tertiary/aromatic N) is 1. The van der Waals surface area contributed by atoms with E-state index in [-0.39, 0.29) is 11.5 Å². The highest BCUT2D eigenvalue weighted by atomic mass is 16.3. The number of nitrogens with one attached hydrogen (secondary N) is 1. The molecular formula is C20H12N2O2. The Bertz CT molecular complexity index is 1130. The lowest BCUT2D eigenvalue weighted by Gasteiger charge is -2.22. The molecule has 0 saturated carbocycles. The summed E-state index contributed by atoms with van der Waals surface area (Å²) < 4.78 is 0. The van der Waals surface area contributed by atoms with Crippen molar-refractivity contribution < 1.29 is 9.90 Å². The summed E-state index contributed by atoms with van der Waals surface area (Å²) in [5, 5.41) is 11.5. The van der Waals surface area contributed by atoms with E-state index in [4.69, 9.17) is 0 Å². The number of aliphatic hydroxyl groups excluding tert-OH is 1. The van der Waals surface area contributed by atoms with Crippen molar-refractivity contribution in [2.45, 2.75) is 0 Å². The maximum Gasteiger partial charge on any atom is 0.201 e. The van der Waals surface area contributed by atoms with E-state index in [0.29, 0.717) is 16.7 Å². The van der Waals surface area contributed by atoms with Crippen LogP contribution in [0.3, 0.4) is 0 Å². The average Bonchev–Trinajstić information content (AvgIpc) is 3.21. The number of benzene rings is 2. The summed E-state index contributed by atoms with van der Waals surface area (Å²) in [6.07, 6.45) is 3.42. The number of aliphatic hydroxyl groups is 1. The molecule has 4 nitrogen and oxygen atoms in total. The summed E-state index contributed by atoms with van der Waals surface area (Å²) in [7, 11) is 0. The van der Waals surface area contributed by atoms with Crippen LogP contribution in [0.2, 0.25) is 0 Å². The zero-order valence-electron chi connectivity index (χ0n) is 12.6. The average molecular weight is 312 g/mol. The molecule has 2 aromatic carbocycles. The number of H-pyrrole nitrogens is 1. The van der Waals surface area contributed by atoms with E-state index < -0.39 is 0 Å². The molecule has 2 aliphatic rings. The second-order valence-corrected chi connectivity index (χ2v) is 5.86. The molecule has 0 spiro atoms. The van der Waals surface area contributed by atoms with Crippen LogP contribution in [0.5, 0.6) is 0 Å². The standard InChI is InChI=1S/C20H12N2O2/c23-19-17(13-9-21-15-7-3-1-5-11(13)15)20(24)18(19)14-10-22-16-8-4-2-6-12(14)16/h1-10,21,23H. The highest BCUT2D eigenvalue weighted by Crippen LogP contribution is 2.44. The molecule has 1 aromatic heterocycles. The molecule has 0 bridgehead atoms. The Labute approximate surface area is 137 Å². The number of hydrogen-bond acceptors (Lipinski definition) is 3. The van der Waals surface area contributed by atoms with Crippen LogP contribution in [0, 0.1) is 0 Å². The van der Waals surface area contributed by atoms with Gasteiger partial charge in [-0.05, 0) is 12.1 Å². The molecule has 0 atom stereocenters. The zero-order chi connectivity index (χ0) is 16.3. The lowest BCUT2D eigenvalue weighted by molar-refractivity contribution is -0.111. The van der Waals surface area contributed by atoms with Crippen molar-refractivity contribution in [3.8, 4) is 0 Å². The van der Waals surface area contributed by atoms with E-state index in [1.54, 1.807) is 12.4 Å². The van der Waals surface area contributed by atoms with Crippen LogP contribution in [-0.4, -0.2) is 22.1 Å². The van der Waals surface area contributed by atoms with Crippen molar-refractivity contribution in [2.75, 3.05) is 0 Å². The first-order valence-corrected chi connectivity index (χ1v) is 7.68. The number of para-hydroxylation sites is 2. The predicted molar refractivity (Wildman–Crippen MR) is 94.4 cm³/mol. The lowest BCUT2D eigenvalue weighted by atomic mass is 9.80. The van der Waals surface area contributed by atoms with Gasteiger partial charge in [0.2, 0.25) is 5.78 Å². The van der Waals surface area contributed by atoms with Gasteiger partial charge in [0.1, 0.15) is 5.76 Å². The van der Waals surface area contributed by atoms with Gasteiger partial charge >= 0.3 is 0 Å². The molecule has 3 aromatic rings. The summed E-state index contributed by atoms with van der Waals surface area (Å²) in [4.78, 5) is 20.2. The van der Waals surface area contributed by atoms with Gasteiger partial charge < -0.3 is 10.1 Å². The molecule has 4 heteroatoms. The van der Waals surface area contributed by atoms with Crippen molar-refractivity contribution in [1.29, 1.82) is 0 Å². The summed E-state index contributed by atoms with van der Waals surface area (Å²) >= 11 is 0. The number of rotatable bonds is 1. The lowest BCUT2D eigenvalue weighted by Crippen LogP contribution is -2.22. The molecule has 0 radical (unpaired) electrons. The quantitative estimate of drug-likeness (QED) is 0.662. The first-order valence-electron chi connectivity index (χ1n) is 7.68. The molecule has 2 N–H and O–H groups in total. The van der Waals surface area contributed by atoms with Crippen LogP contribution in [0.4, 0.5) is 5.69 Å². The molecule has 0 unspecified atom stereocenters. The molecule has 5 rings (SSSR count). The van der Waals surface area contributed by atoms with Gasteiger partial charge in [0, 0.05) is 40.0 Å². The number of aromatic amines is 1. The van der Waals surface area contributed by atoms with Crippen LogP contribution in [0.15, 0.2) is 71.1 Å². The predicted octanol–water partition coefficient (Wildman–Crippen LogP) is 4.19. The van der Waals surface area contributed by atoms with E-state index in [1.165, 1.54) is 0 Å². The Morgan fingerprint density at radius 3 is 2.58 bits per heavy atom. The Morgan fingerprint density at radius 2 is 1.71 bits per heavy atom. The second kappa shape index (κ2) is 4.55. The maximum absolute atomic E-state index is 12.8. The van der Waals surface area contributed by atoms with E-state index in [1.807, 2.05) is 48.5 Å². The van der Waals surface area contributed by atoms with Crippen LogP contribution >= 0.6 is 0 Å². The van der Waals surface area contributed by atoms with Crippen LogP contribution in [-0.2, 0) is 4.79 Å². The highest BCUT2D eigenvalue weighted by Gasteiger charge is 2.39. The number of aromatic nitrogens is 1. The number of fused-ring (bicyclic) bond motifs is 2. The number of Topliss-reactive ketones (excluding diaryl/α,β-unsaturated/α-hetero) is 1. The Kier molecular flexibility index (Phi) is 2.48. The van der Waals surface area contributed by atoms with Crippen molar-refractivity contribution in [2.24, 2.45) is 4.99 Å². The van der Waals surface area contributed by atoms with Crippen molar-refractivity contribution in [3.05, 3.63) is 77.2 Å². The fourth-order valence-corrected chi connectivity index (χ4v) is 3.40. The van der Waals surface area contributed by atoms with Crippen LogP contribution in [0.1, 0.15) is 11.1 Å². The van der Waals surface area contributed by atoms with Gasteiger partial charge in [0.05, 0.1) is 16.8 Å². The molecule has 114 valence electrons. The Morgan fingerprint density at radius 1 is 0.917 bits per heavy atom. The molecule has 1 aliphatic carbocycles. The molecule has 0 fully saturated rings. The monoisotopic (exact) mass is 312 g/mol. The fraction of sp³-hybridized carbons (Fsp3) is 0. The Balaban J connectivity index is 1.71. The van der Waals surface area contributed by atoms with E-state index in [9.17, 15) is 9.90 Å². The van der Waals surface area contributed by atoms with Crippen molar-refractivity contribution in [3.63, 3.8) is 0 Å². The first kappa shape index (κ1) is 13.1. The topological polar surface area (TPSA) is 65.4 Å². The van der Waals surface area contributed by atoms with Gasteiger partial charge in [0.25, 0.3) is 0 Å². The number of carbonyl (C=O) groups excluding carboxylic acids is 1. The van der Waals surface area contributed by atoms with Crippen molar-refractivity contribution >= 4 is 39.7 Å². The van der Waals surface area contributed by atoms with Gasteiger partial charge in [-0.15, -0.1) is 0 Å². The fourth-order valence-electron chi connectivity index (χ4n) is 3.40. The third-order valence-electron chi connectivity index (χ3n) is 4.58. The van der Waals surface area contributed by atoms with Gasteiger partial charge in [-0.25, -0.2) is 0 Å². The zero-order valence-corrected chi connectivity index (χ0v) is 12.6. The van der Waals surface area contributed by atoms with Crippen LogP contribution < -0.4 is 0 Å². The normalized spacial score (nSPS) is 19.1. The number of hydrogen-bond donors (Lipinski definition) is 2. The minimum absolute atomic E-state index is 0.0444. The van der Waals surface area contributed by atoms with E-state index in [0.717, 1.165) is 27.7 Å². The molecule has 0 saturated heterocycles. The number of ketones is 1. The molecule has 0 amide bonds. The smallest absolute Gasteiger partial charge is 0.201 e. The number of allylic oxidation sites excluding steroid dienone is 3. The van der Waals surface area contributed by atoms with Gasteiger partial charge in [-0.2, -0.15) is 0 Å². The first-order chi connectivity index (χ1) is 11.8. The maximum atomic E-state index is 12.8. The summed E-state index contributed by atoms with van der Waals surface area (Å²) in [5.74, 6) is -0.0988. The second-order valence-electron chi connectivity index (χ2n) is 5.86. The summed E-state index contributed by atoms with van der Waals surface area (Å²) in [6, 6.07) is 15.3. The highest BCUT2D eigenvalue weighted by molar-refractivity contribution is 6.45. The summed E-state index contributed by atoms with van der Waals surface area (Å²) in [6.45, 7) is 0. The molecule has 24 heavy (non-hydrogen) atoms. The number of aliphatic imine (C=N–C) groups is 1. The van der Waals surface area contributed by atoms with Gasteiger partial charge in [-0.1, -0.05) is 36.4 Å². The summed E-state index contributed by atoms with van der Waals surface area (Å²) in [5.41, 5.74) is 4.79.